The zero-order chi connectivity index (χ0) is 29.2. The number of hydrogen-bond donors (Lipinski definition) is 1. The molecule has 0 aromatic carbocycles. The van der Waals surface area contributed by atoms with E-state index in [1.165, 1.54) is 0 Å². The Kier molecular flexibility index (Phi) is 12.8. The van der Waals surface area contributed by atoms with Gasteiger partial charge in [0.1, 0.15) is 24.9 Å². The van der Waals surface area contributed by atoms with E-state index in [1.54, 1.807) is 20.5 Å². The number of carbonyl (C=O) groups excluding carboxylic acids is 1. The van der Waals surface area contributed by atoms with Crippen molar-refractivity contribution in [1.29, 1.82) is 0 Å². The highest BCUT2D eigenvalue weighted by atomic mass is 16.7. The first-order valence-corrected chi connectivity index (χ1v) is 14.6. The van der Waals surface area contributed by atoms with Crippen LogP contribution in [0, 0.1) is 11.8 Å². The highest BCUT2D eigenvalue weighted by molar-refractivity contribution is 5.72. The summed E-state index contributed by atoms with van der Waals surface area (Å²) in [5.74, 6) is -0.431. The summed E-state index contributed by atoms with van der Waals surface area (Å²) in [5, 5.41) is 10.9. The Morgan fingerprint density at radius 3 is 2.67 bits per heavy atom. The van der Waals surface area contributed by atoms with Gasteiger partial charge >= 0.3 is 5.97 Å². The van der Waals surface area contributed by atoms with Crippen LogP contribution in [0.15, 0.2) is 28.4 Å². The van der Waals surface area contributed by atoms with Crippen molar-refractivity contribution in [3.63, 3.8) is 0 Å². The first-order valence-electron chi connectivity index (χ1n) is 14.6. The molecule has 1 N–H and O–H groups in total. The maximum atomic E-state index is 13.3. The lowest BCUT2D eigenvalue weighted by atomic mass is 9.87. The molecule has 2 saturated heterocycles. The molecule has 8 atom stereocenters. The SMILES string of the molecule is C=C1C[C@H]2CCC[C@H](OCOC)C[C@@H](c3coc(/C=C(\C)[C@@H](C)OC)n3)OC(=O)[C@@H](C)C[C@H](C)[C@@H](O)C[C@@H](C1)O2. The van der Waals surface area contributed by atoms with Crippen molar-refractivity contribution in [2.24, 2.45) is 11.8 Å². The number of fused-ring (bicyclic) bond motifs is 2. The normalized spacial score (nSPS) is 32.5. The number of oxazole rings is 1. The lowest BCUT2D eigenvalue weighted by Crippen LogP contribution is -2.34. The lowest BCUT2D eigenvalue weighted by molar-refractivity contribution is -0.159. The van der Waals surface area contributed by atoms with Gasteiger partial charge in [-0.05, 0) is 63.9 Å². The number of nitrogens with zero attached hydrogens (tertiary/aromatic N) is 1. The van der Waals surface area contributed by atoms with Gasteiger partial charge in [-0.25, -0.2) is 4.98 Å². The summed E-state index contributed by atoms with van der Waals surface area (Å²) in [6, 6.07) is 0. The van der Waals surface area contributed by atoms with Gasteiger partial charge in [-0.3, -0.25) is 4.79 Å². The van der Waals surface area contributed by atoms with Crippen LogP contribution in [0.2, 0.25) is 0 Å². The molecule has 0 amide bonds. The number of aliphatic hydroxyl groups excluding tert-OH is 1. The third-order valence-corrected chi connectivity index (χ3v) is 8.13. The number of esters is 1. The van der Waals surface area contributed by atoms with Crippen molar-refractivity contribution in [3.05, 3.63) is 35.6 Å². The number of rotatable bonds is 7. The summed E-state index contributed by atoms with van der Waals surface area (Å²) < 4.78 is 34.8. The van der Waals surface area contributed by atoms with Gasteiger partial charge in [0.05, 0.1) is 36.4 Å². The van der Waals surface area contributed by atoms with E-state index >= 15 is 0 Å². The number of cyclic esters (lactones) is 1. The number of carbonyl (C=O) groups is 1. The van der Waals surface area contributed by atoms with Crippen LogP contribution < -0.4 is 0 Å². The maximum absolute atomic E-state index is 13.3. The second-order valence-electron chi connectivity index (χ2n) is 11.6. The number of aromatic nitrogens is 1. The Bertz CT molecular complexity index is 974. The van der Waals surface area contributed by atoms with Crippen LogP contribution in [0.1, 0.15) is 96.8 Å². The van der Waals surface area contributed by atoms with Crippen LogP contribution in [0.3, 0.4) is 0 Å². The highest BCUT2D eigenvalue weighted by Gasteiger charge is 2.32. The van der Waals surface area contributed by atoms with Gasteiger partial charge in [-0.2, -0.15) is 0 Å². The Labute approximate surface area is 239 Å². The topological polar surface area (TPSA) is 109 Å². The van der Waals surface area contributed by atoms with Crippen molar-refractivity contribution >= 4 is 12.0 Å². The molecular formula is C31H49NO8. The summed E-state index contributed by atoms with van der Waals surface area (Å²) in [6.45, 7) is 12.1. The molecule has 0 spiro atoms. The molecule has 9 nitrogen and oxygen atoms in total. The molecule has 2 aliphatic rings. The van der Waals surface area contributed by atoms with Gasteiger partial charge in [0.2, 0.25) is 5.89 Å². The standard InChI is InChI=1S/C31H49NO8/c1-19-11-25-10-8-9-24(38-18-35-6)16-29(27-17-37-30(32-27)14-20(2)23(5)36-7)40-31(34)22(4)13-21(3)28(33)15-26(12-19)39-25/h14,17,21-26,28-29,33H,1,8-13,15-16,18H2,2-7H3/b20-14+/t21-,22-,23+,24-,25+,26+,28-,29-/m0/s1. The summed E-state index contributed by atoms with van der Waals surface area (Å²) >= 11 is 0. The molecule has 226 valence electrons. The maximum Gasteiger partial charge on any atom is 0.309 e. The van der Waals surface area contributed by atoms with Crippen molar-refractivity contribution in [1.82, 2.24) is 4.98 Å². The quantitative estimate of drug-likeness (QED) is 0.251. The van der Waals surface area contributed by atoms with E-state index in [0.29, 0.717) is 30.8 Å². The Hall–Kier alpha value is -2.04. The molecule has 3 heterocycles. The molecule has 40 heavy (non-hydrogen) atoms. The van der Waals surface area contributed by atoms with E-state index in [4.69, 9.17) is 28.1 Å². The number of methoxy groups -OCH3 is 2. The van der Waals surface area contributed by atoms with Crippen LogP contribution in [0.5, 0.6) is 0 Å². The van der Waals surface area contributed by atoms with Gasteiger partial charge in [-0.15, -0.1) is 0 Å². The average molecular weight is 564 g/mol. The predicted octanol–water partition coefficient (Wildman–Crippen LogP) is 5.78. The Morgan fingerprint density at radius 1 is 1.20 bits per heavy atom. The van der Waals surface area contributed by atoms with Gasteiger partial charge in [0.15, 0.2) is 0 Å². The second-order valence-corrected chi connectivity index (χ2v) is 11.6. The average Bonchev–Trinajstić information content (AvgIpc) is 3.37. The van der Waals surface area contributed by atoms with E-state index in [9.17, 15) is 9.90 Å². The minimum absolute atomic E-state index is 0.0605. The van der Waals surface area contributed by atoms with Crippen molar-refractivity contribution < 1.29 is 38.0 Å². The van der Waals surface area contributed by atoms with Gasteiger partial charge < -0.3 is 33.2 Å². The van der Waals surface area contributed by atoms with Crippen molar-refractivity contribution in [2.75, 3.05) is 21.0 Å². The number of hydrogen-bond acceptors (Lipinski definition) is 9. The monoisotopic (exact) mass is 563 g/mol. The summed E-state index contributed by atoms with van der Waals surface area (Å²) in [4.78, 5) is 17.9. The highest BCUT2D eigenvalue weighted by Crippen LogP contribution is 2.33. The third kappa shape index (κ3) is 9.80. The number of ether oxygens (including phenoxy) is 5. The van der Waals surface area contributed by atoms with E-state index in [2.05, 4.69) is 11.6 Å². The summed E-state index contributed by atoms with van der Waals surface area (Å²) in [5.41, 5.74) is 2.65. The molecule has 2 bridgehead atoms. The van der Waals surface area contributed by atoms with Crippen LogP contribution in [-0.4, -0.2) is 67.6 Å². The molecule has 0 saturated carbocycles. The van der Waals surface area contributed by atoms with Crippen LogP contribution >= 0.6 is 0 Å². The van der Waals surface area contributed by atoms with E-state index in [-0.39, 0.29) is 43.1 Å². The van der Waals surface area contributed by atoms with Crippen molar-refractivity contribution in [3.8, 4) is 0 Å². The minimum atomic E-state index is -0.661. The van der Waals surface area contributed by atoms with Gasteiger partial charge in [0.25, 0.3) is 0 Å². The molecule has 1 aromatic heterocycles. The Morgan fingerprint density at radius 2 is 1.95 bits per heavy atom. The minimum Gasteiger partial charge on any atom is -0.455 e. The predicted molar refractivity (Wildman–Crippen MR) is 151 cm³/mol. The smallest absolute Gasteiger partial charge is 0.309 e. The first kappa shape index (κ1) is 32.5. The third-order valence-electron chi connectivity index (χ3n) is 8.13. The van der Waals surface area contributed by atoms with Crippen LogP contribution in [0.4, 0.5) is 0 Å². The molecule has 0 unspecified atom stereocenters. The van der Waals surface area contributed by atoms with Crippen LogP contribution in [-0.2, 0) is 28.5 Å². The molecule has 2 aliphatic heterocycles. The van der Waals surface area contributed by atoms with E-state index in [1.807, 2.05) is 33.8 Å². The second kappa shape index (κ2) is 15.8. The fourth-order valence-electron chi connectivity index (χ4n) is 5.46. The molecule has 0 radical (unpaired) electrons. The molecule has 1 aromatic rings. The molecule has 0 aliphatic carbocycles. The zero-order valence-electron chi connectivity index (χ0n) is 25.1. The van der Waals surface area contributed by atoms with Gasteiger partial charge in [0, 0.05) is 33.1 Å². The van der Waals surface area contributed by atoms with Crippen molar-refractivity contribution in [2.45, 2.75) is 116 Å². The summed E-state index contributed by atoms with van der Waals surface area (Å²) in [6.07, 6.45) is 7.29. The van der Waals surface area contributed by atoms with E-state index in [0.717, 1.165) is 43.3 Å². The van der Waals surface area contributed by atoms with Gasteiger partial charge in [-0.1, -0.05) is 26.0 Å². The molecular weight excluding hydrogens is 514 g/mol. The van der Waals surface area contributed by atoms with Crippen LogP contribution in [0.25, 0.3) is 6.08 Å². The number of aliphatic hydroxyl groups is 1. The fourth-order valence-corrected chi connectivity index (χ4v) is 5.46. The molecule has 2 fully saturated rings. The molecule has 3 rings (SSSR count). The first-order chi connectivity index (χ1) is 19.1. The molecule has 9 heteroatoms. The Balaban J connectivity index is 1.85. The van der Waals surface area contributed by atoms with E-state index < -0.39 is 18.1 Å². The largest absolute Gasteiger partial charge is 0.455 e. The summed E-state index contributed by atoms with van der Waals surface area (Å²) in [7, 11) is 3.24. The fraction of sp³-hybridized carbons (Fsp3) is 0.742. The zero-order valence-corrected chi connectivity index (χ0v) is 25.1. The lowest BCUT2D eigenvalue weighted by Gasteiger charge is -2.34.